The average Bonchev–Trinajstić information content (AvgIpc) is 2.53. The van der Waals surface area contributed by atoms with Gasteiger partial charge >= 0.3 is 0 Å². The maximum Gasteiger partial charge on any atom is 0.252 e. The van der Waals surface area contributed by atoms with Crippen molar-refractivity contribution in [3.63, 3.8) is 0 Å². The highest BCUT2D eigenvalue weighted by molar-refractivity contribution is 6.30. The fraction of sp³-hybridized carbons (Fsp3) is 0.429. The van der Waals surface area contributed by atoms with E-state index in [9.17, 15) is 9.59 Å². The molecule has 2 amide bonds. The Bertz CT molecular complexity index is 533. The van der Waals surface area contributed by atoms with E-state index in [1.807, 2.05) is 0 Å². The van der Waals surface area contributed by atoms with Gasteiger partial charge < -0.3 is 25.6 Å². The molecule has 22 heavy (non-hydrogen) atoms. The van der Waals surface area contributed by atoms with Crippen LogP contribution in [0.25, 0.3) is 0 Å². The minimum absolute atomic E-state index is 0.231. The topological polar surface area (TPSA) is 108 Å². The molecule has 0 aliphatic carbocycles. The number of nitrogens with one attached hydrogen (secondary N) is 2. The van der Waals surface area contributed by atoms with Crippen LogP contribution in [-0.4, -0.2) is 54.0 Å². The van der Waals surface area contributed by atoms with Gasteiger partial charge in [0.2, 0.25) is 5.91 Å². The summed E-state index contributed by atoms with van der Waals surface area (Å²) >= 11 is 5.83. The van der Waals surface area contributed by atoms with E-state index in [1.54, 1.807) is 24.3 Å². The number of aliphatic hydroxyl groups is 2. The Labute approximate surface area is 132 Å². The van der Waals surface area contributed by atoms with Gasteiger partial charge in [-0.15, -0.1) is 0 Å². The van der Waals surface area contributed by atoms with Crippen molar-refractivity contribution in [3.05, 3.63) is 34.9 Å². The Hall–Kier alpha value is -1.67. The van der Waals surface area contributed by atoms with E-state index in [2.05, 4.69) is 10.6 Å². The predicted octanol–water partition coefficient (Wildman–Crippen LogP) is -0.634. The van der Waals surface area contributed by atoms with Crippen LogP contribution in [0.2, 0.25) is 5.02 Å². The van der Waals surface area contributed by atoms with Crippen molar-refractivity contribution in [2.45, 2.75) is 18.2 Å². The molecule has 0 bridgehead atoms. The van der Waals surface area contributed by atoms with Crippen LogP contribution >= 0.6 is 11.6 Å². The zero-order valence-electron chi connectivity index (χ0n) is 11.7. The molecule has 0 aromatic heterocycles. The van der Waals surface area contributed by atoms with Gasteiger partial charge in [-0.25, -0.2) is 0 Å². The molecule has 2 rings (SSSR count). The summed E-state index contributed by atoms with van der Waals surface area (Å²) in [6.07, 6.45) is -0.959. The van der Waals surface area contributed by atoms with Crippen LogP contribution in [0.5, 0.6) is 0 Å². The Morgan fingerprint density at radius 2 is 2.00 bits per heavy atom. The highest BCUT2D eigenvalue weighted by atomic mass is 35.5. The summed E-state index contributed by atoms with van der Waals surface area (Å²) in [5.74, 6) is -0.849. The van der Waals surface area contributed by atoms with E-state index in [0.29, 0.717) is 10.6 Å². The van der Waals surface area contributed by atoms with Gasteiger partial charge in [0, 0.05) is 5.02 Å². The molecule has 1 aliphatic heterocycles. The summed E-state index contributed by atoms with van der Waals surface area (Å²) in [6.45, 7) is -1.02. The zero-order valence-corrected chi connectivity index (χ0v) is 12.4. The van der Waals surface area contributed by atoms with Crippen LogP contribution in [0, 0.1) is 0 Å². The van der Waals surface area contributed by atoms with E-state index in [4.69, 9.17) is 26.6 Å². The van der Waals surface area contributed by atoms with E-state index in [-0.39, 0.29) is 12.5 Å². The molecule has 1 aromatic rings. The lowest BCUT2D eigenvalue weighted by Crippen LogP contribution is -2.55. The van der Waals surface area contributed by atoms with E-state index in [0.717, 1.165) is 0 Å². The van der Waals surface area contributed by atoms with E-state index in [1.165, 1.54) is 0 Å². The first kappa shape index (κ1) is 16.7. The number of rotatable bonds is 5. The summed E-state index contributed by atoms with van der Waals surface area (Å²) in [5, 5.41) is 23.8. The predicted molar refractivity (Wildman–Crippen MR) is 78.2 cm³/mol. The Balaban J connectivity index is 2.17. The third-order valence-electron chi connectivity index (χ3n) is 3.29. The smallest absolute Gasteiger partial charge is 0.252 e. The van der Waals surface area contributed by atoms with Crippen molar-refractivity contribution in [2.24, 2.45) is 0 Å². The number of aliphatic hydroxyl groups excluding tert-OH is 2. The summed E-state index contributed by atoms with van der Waals surface area (Å²) in [5.41, 5.74) is 0.669. The molecule has 1 heterocycles. The molecule has 0 saturated carbocycles. The van der Waals surface area contributed by atoms with Crippen molar-refractivity contribution in [1.82, 2.24) is 10.6 Å². The van der Waals surface area contributed by atoms with Crippen LogP contribution in [0.1, 0.15) is 11.6 Å². The number of hydrogen-bond donors (Lipinski definition) is 4. The molecule has 7 nitrogen and oxygen atoms in total. The minimum Gasteiger partial charge on any atom is -0.394 e. The molecule has 0 spiro atoms. The Morgan fingerprint density at radius 1 is 1.36 bits per heavy atom. The number of hydrogen-bond acceptors (Lipinski definition) is 5. The standard InChI is InChI=1S/C14H17ClN2O5/c15-9-3-1-8(2-4-9)12-13(22-7-11(20)17-12)14(21)16-10(5-18)6-19/h1-4,10,12-13,18-19H,5-7H2,(H,16,21)(H,17,20)/t12-,13-/m1/s1. The zero-order chi connectivity index (χ0) is 16.1. The summed E-state index contributed by atoms with van der Waals surface area (Å²) in [6, 6.07) is 5.24. The van der Waals surface area contributed by atoms with Gasteiger partial charge in [-0.1, -0.05) is 23.7 Å². The molecular weight excluding hydrogens is 312 g/mol. The minimum atomic E-state index is -0.959. The maximum absolute atomic E-state index is 12.2. The van der Waals surface area contributed by atoms with Crippen LogP contribution in [0.15, 0.2) is 24.3 Å². The van der Waals surface area contributed by atoms with Crippen molar-refractivity contribution in [3.8, 4) is 0 Å². The Morgan fingerprint density at radius 3 is 2.59 bits per heavy atom. The molecule has 2 atom stereocenters. The van der Waals surface area contributed by atoms with Gasteiger partial charge in [-0.05, 0) is 17.7 Å². The number of amides is 2. The molecule has 1 fully saturated rings. The van der Waals surface area contributed by atoms with Gasteiger partial charge in [0.15, 0.2) is 6.10 Å². The molecule has 0 unspecified atom stereocenters. The lowest BCUT2D eigenvalue weighted by atomic mass is 9.99. The summed E-state index contributed by atoms with van der Waals surface area (Å²) in [4.78, 5) is 23.8. The average molecular weight is 329 g/mol. The molecule has 4 N–H and O–H groups in total. The van der Waals surface area contributed by atoms with Crippen molar-refractivity contribution in [2.75, 3.05) is 19.8 Å². The Kier molecular flexibility index (Phi) is 5.73. The molecule has 8 heteroatoms. The number of halogens is 1. The number of carbonyl (C=O) groups is 2. The van der Waals surface area contributed by atoms with E-state index < -0.39 is 37.3 Å². The second-order valence-electron chi connectivity index (χ2n) is 4.90. The molecule has 0 radical (unpaired) electrons. The van der Waals surface area contributed by atoms with Crippen LogP contribution in [-0.2, 0) is 14.3 Å². The SMILES string of the molecule is O=C1CO[C@@H](C(=O)NC(CO)CO)[C@@H](c2ccc(Cl)cc2)N1. The number of benzene rings is 1. The summed E-state index contributed by atoms with van der Waals surface area (Å²) in [7, 11) is 0. The van der Waals surface area contributed by atoms with Crippen LogP contribution in [0.4, 0.5) is 0 Å². The molecular formula is C14H17ClN2O5. The third kappa shape index (κ3) is 3.95. The second-order valence-corrected chi connectivity index (χ2v) is 5.34. The van der Waals surface area contributed by atoms with E-state index >= 15 is 0 Å². The van der Waals surface area contributed by atoms with Gasteiger partial charge in [-0.3, -0.25) is 9.59 Å². The van der Waals surface area contributed by atoms with Gasteiger partial charge in [0.25, 0.3) is 5.91 Å². The lowest BCUT2D eigenvalue weighted by molar-refractivity contribution is -0.148. The second kappa shape index (κ2) is 7.55. The largest absolute Gasteiger partial charge is 0.394 e. The molecule has 1 saturated heterocycles. The quantitative estimate of drug-likeness (QED) is 0.575. The van der Waals surface area contributed by atoms with Crippen LogP contribution in [0.3, 0.4) is 0 Å². The number of carbonyl (C=O) groups excluding carboxylic acids is 2. The highest BCUT2D eigenvalue weighted by Crippen LogP contribution is 2.24. The molecule has 120 valence electrons. The van der Waals surface area contributed by atoms with Gasteiger partial charge in [-0.2, -0.15) is 0 Å². The molecule has 1 aromatic carbocycles. The van der Waals surface area contributed by atoms with Crippen molar-refractivity contribution >= 4 is 23.4 Å². The van der Waals surface area contributed by atoms with Gasteiger partial charge in [0.05, 0.1) is 25.3 Å². The fourth-order valence-electron chi connectivity index (χ4n) is 2.14. The monoisotopic (exact) mass is 328 g/mol. The first-order valence-electron chi connectivity index (χ1n) is 6.73. The number of ether oxygens (including phenoxy) is 1. The first-order valence-corrected chi connectivity index (χ1v) is 7.11. The molecule has 1 aliphatic rings. The number of morpholine rings is 1. The fourth-order valence-corrected chi connectivity index (χ4v) is 2.27. The first-order chi connectivity index (χ1) is 10.5. The normalized spacial score (nSPS) is 21.5. The van der Waals surface area contributed by atoms with Crippen molar-refractivity contribution < 1.29 is 24.5 Å². The highest BCUT2D eigenvalue weighted by Gasteiger charge is 2.36. The summed E-state index contributed by atoms with van der Waals surface area (Å²) < 4.78 is 5.32. The lowest BCUT2D eigenvalue weighted by Gasteiger charge is -2.32. The van der Waals surface area contributed by atoms with Crippen LogP contribution < -0.4 is 10.6 Å². The maximum atomic E-state index is 12.2. The van der Waals surface area contributed by atoms with Crippen molar-refractivity contribution in [1.29, 1.82) is 0 Å². The third-order valence-corrected chi connectivity index (χ3v) is 3.54. The van der Waals surface area contributed by atoms with Gasteiger partial charge in [0.1, 0.15) is 6.61 Å².